The van der Waals surface area contributed by atoms with Gasteiger partial charge in [0.2, 0.25) is 0 Å². The van der Waals surface area contributed by atoms with Crippen LogP contribution in [0.15, 0.2) is 24.3 Å². The summed E-state index contributed by atoms with van der Waals surface area (Å²) in [5.41, 5.74) is -2.33. The first-order valence-electron chi connectivity index (χ1n) is 11.7. The maximum atomic E-state index is 14.2. The van der Waals surface area contributed by atoms with Crippen LogP contribution < -0.4 is 5.32 Å². The molecule has 0 spiro atoms. The Morgan fingerprint density at radius 3 is 2.35 bits per heavy atom. The van der Waals surface area contributed by atoms with Gasteiger partial charge in [0.05, 0.1) is 26.9 Å². The molecule has 2 aromatic heterocycles. The second-order valence-electron chi connectivity index (χ2n) is 9.58. The Kier molecular flexibility index (Phi) is 7.04. The Hall–Kier alpha value is -2.73. The molecule has 0 aliphatic carbocycles. The van der Waals surface area contributed by atoms with E-state index in [9.17, 15) is 31.1 Å². The summed E-state index contributed by atoms with van der Waals surface area (Å²) in [5.74, 6) is -0.786. The predicted molar refractivity (Wildman–Crippen MR) is 130 cm³/mol. The Labute approximate surface area is 213 Å². The number of likely N-dealkylation sites (tertiary alicyclic amines) is 1. The average Bonchev–Trinajstić information content (AvgIpc) is 3.26. The van der Waals surface area contributed by atoms with Gasteiger partial charge in [0.1, 0.15) is 5.41 Å². The van der Waals surface area contributed by atoms with E-state index in [0.717, 1.165) is 17.4 Å². The van der Waals surface area contributed by atoms with Crippen LogP contribution in [0.25, 0.3) is 10.1 Å². The van der Waals surface area contributed by atoms with Crippen LogP contribution in [0.4, 0.5) is 32.2 Å². The number of carbonyl (C=O) groups excluding carboxylic acids is 1. The Bertz CT molecular complexity index is 1330. The van der Waals surface area contributed by atoms with Gasteiger partial charge in [-0.15, -0.1) is 16.4 Å². The second-order valence-corrected chi connectivity index (χ2v) is 10.6. The number of anilines is 1. The molecule has 1 atom stereocenters. The van der Waals surface area contributed by atoms with Gasteiger partial charge in [0, 0.05) is 5.39 Å². The van der Waals surface area contributed by atoms with Gasteiger partial charge >= 0.3 is 12.4 Å². The second kappa shape index (κ2) is 9.54. The maximum absolute atomic E-state index is 14.2. The van der Waals surface area contributed by atoms with Crippen molar-refractivity contribution in [2.45, 2.75) is 52.0 Å². The lowest BCUT2D eigenvalue weighted by molar-refractivity contribution is -0.215. The van der Waals surface area contributed by atoms with Crippen LogP contribution in [-0.2, 0) is 6.18 Å². The molecule has 12 heteroatoms. The van der Waals surface area contributed by atoms with Crippen LogP contribution in [0.3, 0.4) is 0 Å². The number of hydrogen-bond acceptors (Lipinski definition) is 6. The van der Waals surface area contributed by atoms with Crippen LogP contribution in [-0.4, -0.2) is 47.2 Å². The summed E-state index contributed by atoms with van der Waals surface area (Å²) < 4.78 is 83.4. The van der Waals surface area contributed by atoms with E-state index < -0.39 is 35.2 Å². The number of rotatable bonds is 5. The lowest BCUT2D eigenvalue weighted by atomic mass is 9.73. The van der Waals surface area contributed by atoms with Crippen molar-refractivity contribution in [1.29, 1.82) is 0 Å². The molecule has 1 aliphatic heterocycles. The monoisotopic (exact) mass is 544 g/mol. The summed E-state index contributed by atoms with van der Waals surface area (Å²) in [4.78, 5) is 15.1. The van der Waals surface area contributed by atoms with E-state index in [2.05, 4.69) is 15.5 Å². The fourth-order valence-electron chi connectivity index (χ4n) is 4.87. The number of carbonyl (C=O) groups is 1. The zero-order valence-electron chi connectivity index (χ0n) is 20.6. The Morgan fingerprint density at radius 2 is 1.76 bits per heavy atom. The molecule has 0 bridgehead atoms. The number of halogens is 6. The minimum atomic E-state index is -4.70. The molecule has 3 heterocycles. The van der Waals surface area contributed by atoms with Crippen molar-refractivity contribution in [3.05, 3.63) is 51.5 Å². The normalized spacial score (nSPS) is 17.7. The van der Waals surface area contributed by atoms with Crippen LogP contribution >= 0.6 is 11.3 Å². The summed E-state index contributed by atoms with van der Waals surface area (Å²) in [5, 5.41) is 11.6. The lowest BCUT2D eigenvalue weighted by Crippen LogP contribution is -2.51. The molecule has 3 aromatic rings. The number of nitrogens with one attached hydrogen (secondary N) is 1. The summed E-state index contributed by atoms with van der Waals surface area (Å²) >= 11 is 0.933. The molecule has 200 valence electrons. The molecule has 1 saturated heterocycles. The first-order chi connectivity index (χ1) is 17.2. The van der Waals surface area contributed by atoms with Crippen LogP contribution in [0, 0.1) is 19.3 Å². The van der Waals surface area contributed by atoms with Crippen molar-refractivity contribution in [2.24, 2.45) is 5.41 Å². The molecule has 1 N–H and O–H groups in total. The Morgan fingerprint density at radius 1 is 1.11 bits per heavy atom. The zero-order chi connectivity index (χ0) is 27.3. The minimum absolute atomic E-state index is 0.0410. The fraction of sp³-hybridized carbons (Fsp3) is 0.480. The SMILES string of the molecule is Cc1c([C@@H](C)Nc2nnc(C)c3sc(C(=O)C4(C(F)(F)F)CCN(C)CC4)cc23)cccc1C(F)(F)F. The number of aromatic nitrogens is 2. The fourth-order valence-corrected chi connectivity index (χ4v) is 6.01. The van der Waals surface area contributed by atoms with E-state index in [0.29, 0.717) is 21.3 Å². The van der Waals surface area contributed by atoms with Crippen molar-refractivity contribution >= 4 is 33.0 Å². The third-order valence-corrected chi connectivity index (χ3v) is 8.40. The van der Waals surface area contributed by atoms with Crippen LogP contribution in [0.1, 0.15) is 57.9 Å². The first-order valence-corrected chi connectivity index (χ1v) is 12.5. The van der Waals surface area contributed by atoms with Gasteiger partial charge < -0.3 is 10.2 Å². The van der Waals surface area contributed by atoms with Gasteiger partial charge in [0.15, 0.2) is 11.6 Å². The van der Waals surface area contributed by atoms with Gasteiger partial charge in [-0.2, -0.15) is 31.4 Å². The number of hydrogen-bond donors (Lipinski definition) is 1. The number of aryl methyl sites for hydroxylation is 1. The molecule has 0 amide bonds. The number of benzene rings is 1. The number of fused-ring (bicyclic) bond motifs is 1. The third-order valence-electron chi connectivity index (χ3n) is 7.16. The minimum Gasteiger partial charge on any atom is -0.362 e. The van der Waals surface area contributed by atoms with Crippen LogP contribution in [0.5, 0.6) is 0 Å². The van der Waals surface area contributed by atoms with Gasteiger partial charge in [-0.25, -0.2) is 0 Å². The van der Waals surface area contributed by atoms with E-state index in [1.165, 1.54) is 19.1 Å². The number of ketones is 1. The van der Waals surface area contributed by atoms with Crippen molar-refractivity contribution in [3.63, 3.8) is 0 Å². The molecule has 0 unspecified atom stereocenters. The van der Waals surface area contributed by atoms with E-state index in [1.54, 1.807) is 31.9 Å². The highest BCUT2D eigenvalue weighted by Crippen LogP contribution is 2.50. The summed E-state index contributed by atoms with van der Waals surface area (Å²) in [6.07, 6.45) is -9.87. The smallest absolute Gasteiger partial charge is 0.362 e. The highest BCUT2D eigenvalue weighted by molar-refractivity contribution is 7.21. The van der Waals surface area contributed by atoms with E-state index in [4.69, 9.17) is 0 Å². The van der Waals surface area contributed by atoms with Gasteiger partial charge in [-0.05, 0) is 77.0 Å². The summed E-state index contributed by atoms with van der Waals surface area (Å²) in [6.45, 7) is 4.98. The van der Waals surface area contributed by atoms with E-state index in [-0.39, 0.29) is 42.2 Å². The number of alkyl halides is 6. The summed E-state index contributed by atoms with van der Waals surface area (Å²) in [6, 6.07) is 4.66. The number of nitrogens with zero attached hydrogens (tertiary/aromatic N) is 3. The molecule has 4 rings (SSSR count). The molecule has 0 radical (unpaired) electrons. The number of Topliss-reactive ketones (excluding diaryl/α,β-unsaturated/α-hetero) is 1. The quantitative estimate of drug-likeness (QED) is 0.278. The molecule has 37 heavy (non-hydrogen) atoms. The molecule has 5 nitrogen and oxygen atoms in total. The van der Waals surface area contributed by atoms with Gasteiger partial charge in [-0.1, -0.05) is 12.1 Å². The highest BCUT2D eigenvalue weighted by atomic mass is 32.1. The van der Waals surface area contributed by atoms with Crippen molar-refractivity contribution in [1.82, 2.24) is 15.1 Å². The topological polar surface area (TPSA) is 58.1 Å². The number of thiophene rings is 1. The third kappa shape index (κ3) is 4.93. The molecule has 0 saturated carbocycles. The molecule has 1 fully saturated rings. The van der Waals surface area contributed by atoms with Gasteiger partial charge in [-0.3, -0.25) is 4.79 Å². The first kappa shape index (κ1) is 27.3. The summed E-state index contributed by atoms with van der Waals surface area (Å²) in [7, 11) is 1.72. The van der Waals surface area contributed by atoms with Crippen molar-refractivity contribution in [2.75, 3.05) is 25.5 Å². The van der Waals surface area contributed by atoms with Crippen LogP contribution in [0.2, 0.25) is 0 Å². The van der Waals surface area contributed by atoms with E-state index in [1.807, 2.05) is 0 Å². The van der Waals surface area contributed by atoms with E-state index >= 15 is 0 Å². The Balaban J connectivity index is 1.72. The largest absolute Gasteiger partial charge is 0.416 e. The van der Waals surface area contributed by atoms with Crippen molar-refractivity contribution in [3.8, 4) is 0 Å². The van der Waals surface area contributed by atoms with Gasteiger partial charge in [0.25, 0.3) is 0 Å². The standard InChI is InChI=1S/C25H26F6N4OS/c1-13-16(6-5-7-18(13)24(26,27)28)14(2)32-22-17-12-19(37-20(17)15(3)33-34-22)21(36)23(25(29,30)31)8-10-35(4)11-9-23/h5-7,12,14H,8-11H2,1-4H3,(H,32,34)/t14-/m1/s1. The highest BCUT2D eigenvalue weighted by Gasteiger charge is 2.60. The lowest BCUT2D eigenvalue weighted by Gasteiger charge is -2.40. The molecule has 1 aliphatic rings. The molecule has 1 aromatic carbocycles. The molecular weight excluding hydrogens is 518 g/mol. The molecular formula is C25H26F6N4OS. The maximum Gasteiger partial charge on any atom is 0.416 e. The predicted octanol–water partition coefficient (Wildman–Crippen LogP) is 6.96. The average molecular weight is 545 g/mol. The number of piperidine rings is 1. The zero-order valence-corrected chi connectivity index (χ0v) is 21.5. The van der Waals surface area contributed by atoms with Crippen molar-refractivity contribution < 1.29 is 31.1 Å².